The molecule has 0 aliphatic carbocycles. The number of halogens is 3. The number of carbonyl (C=O) groups excluding carboxylic acids is 1. The molecule has 0 fully saturated rings. The third kappa shape index (κ3) is 6.74. The molecule has 10 heteroatoms. The molecule has 1 aromatic carbocycles. The minimum atomic E-state index is -5.08. The summed E-state index contributed by atoms with van der Waals surface area (Å²) in [6, 6.07) is 5.34. The standard InChI is InChI=1S/C15H19N3O2.C2HF3O2/c1-4-16-8-15(20)17-12-7-11-9(2)6-14(19)18-13(11)5-10(12)3;3-2(4,5)1(6)7/h5-7,16H,4,8H2,1-3H3,(H,17,20)(H,18,19);(H,6,7). The summed E-state index contributed by atoms with van der Waals surface area (Å²) >= 11 is 0. The van der Waals surface area contributed by atoms with Crippen LogP contribution in [0.5, 0.6) is 0 Å². The molecule has 0 aliphatic rings. The van der Waals surface area contributed by atoms with Gasteiger partial charge in [0.25, 0.3) is 0 Å². The van der Waals surface area contributed by atoms with Gasteiger partial charge in [-0.3, -0.25) is 9.59 Å². The van der Waals surface area contributed by atoms with Crippen LogP contribution < -0.4 is 16.2 Å². The van der Waals surface area contributed by atoms with Crippen LogP contribution in [0.25, 0.3) is 10.9 Å². The van der Waals surface area contributed by atoms with E-state index in [2.05, 4.69) is 15.6 Å². The Morgan fingerprint density at radius 3 is 2.26 bits per heavy atom. The van der Waals surface area contributed by atoms with Crippen molar-refractivity contribution in [2.24, 2.45) is 0 Å². The van der Waals surface area contributed by atoms with Crippen LogP contribution in [0.1, 0.15) is 18.1 Å². The number of hydrogen-bond acceptors (Lipinski definition) is 4. The van der Waals surface area contributed by atoms with Gasteiger partial charge in [-0.1, -0.05) is 6.92 Å². The number of fused-ring (bicyclic) bond motifs is 1. The number of rotatable bonds is 4. The Bertz CT molecular complexity index is 891. The summed E-state index contributed by atoms with van der Waals surface area (Å²) in [5.74, 6) is -2.83. The molecule has 0 radical (unpaired) electrons. The van der Waals surface area contributed by atoms with Crippen molar-refractivity contribution in [3.05, 3.63) is 39.7 Å². The van der Waals surface area contributed by atoms with E-state index in [9.17, 15) is 22.8 Å². The van der Waals surface area contributed by atoms with Gasteiger partial charge < -0.3 is 20.7 Å². The maximum atomic E-state index is 11.8. The highest BCUT2D eigenvalue weighted by Crippen LogP contribution is 2.23. The number of hydrogen-bond donors (Lipinski definition) is 4. The number of alkyl halides is 3. The zero-order valence-electron chi connectivity index (χ0n) is 15.0. The number of carboxylic acids is 1. The smallest absolute Gasteiger partial charge is 0.475 e. The summed E-state index contributed by atoms with van der Waals surface area (Å²) in [6.07, 6.45) is -5.08. The van der Waals surface area contributed by atoms with Gasteiger partial charge in [0.15, 0.2) is 0 Å². The first-order valence-electron chi connectivity index (χ1n) is 7.90. The van der Waals surface area contributed by atoms with Gasteiger partial charge in [-0.05, 0) is 43.7 Å². The minimum absolute atomic E-state index is 0.0728. The summed E-state index contributed by atoms with van der Waals surface area (Å²) in [4.78, 5) is 34.9. The third-order valence-corrected chi connectivity index (χ3v) is 3.45. The van der Waals surface area contributed by atoms with Gasteiger partial charge in [0.05, 0.1) is 6.54 Å². The number of aromatic amines is 1. The predicted octanol–water partition coefficient (Wildman–Crippen LogP) is 2.33. The van der Waals surface area contributed by atoms with Gasteiger partial charge in [0.2, 0.25) is 11.5 Å². The van der Waals surface area contributed by atoms with Crippen molar-refractivity contribution in [1.29, 1.82) is 0 Å². The highest BCUT2D eigenvalue weighted by Gasteiger charge is 2.38. The average molecular weight is 387 g/mol. The molecule has 1 amide bonds. The van der Waals surface area contributed by atoms with E-state index in [4.69, 9.17) is 9.90 Å². The van der Waals surface area contributed by atoms with Gasteiger partial charge in [-0.25, -0.2) is 4.79 Å². The Morgan fingerprint density at radius 1 is 1.15 bits per heavy atom. The van der Waals surface area contributed by atoms with Crippen molar-refractivity contribution in [1.82, 2.24) is 10.3 Å². The summed E-state index contributed by atoms with van der Waals surface area (Å²) in [7, 11) is 0. The van der Waals surface area contributed by atoms with Gasteiger partial charge in [-0.2, -0.15) is 13.2 Å². The van der Waals surface area contributed by atoms with E-state index in [0.29, 0.717) is 6.54 Å². The Kier molecular flexibility index (Phi) is 7.53. The molecule has 0 unspecified atom stereocenters. The third-order valence-electron chi connectivity index (χ3n) is 3.45. The van der Waals surface area contributed by atoms with Crippen LogP contribution in [0, 0.1) is 13.8 Å². The van der Waals surface area contributed by atoms with Crippen molar-refractivity contribution < 1.29 is 27.9 Å². The van der Waals surface area contributed by atoms with Gasteiger partial charge in [0, 0.05) is 22.7 Å². The van der Waals surface area contributed by atoms with Crippen molar-refractivity contribution in [3.8, 4) is 0 Å². The SMILES string of the molecule is CCNCC(=O)Nc1cc2c(C)cc(=O)[nH]c2cc1C.O=C(O)C(F)(F)F. The first-order valence-corrected chi connectivity index (χ1v) is 7.90. The minimum Gasteiger partial charge on any atom is -0.475 e. The second kappa shape index (κ2) is 9.17. The van der Waals surface area contributed by atoms with E-state index in [1.165, 1.54) is 0 Å². The topological polar surface area (TPSA) is 111 Å². The molecular weight excluding hydrogens is 367 g/mol. The fraction of sp³-hybridized carbons (Fsp3) is 0.353. The van der Waals surface area contributed by atoms with Crippen LogP contribution in [-0.2, 0) is 9.59 Å². The monoisotopic (exact) mass is 387 g/mol. The summed E-state index contributed by atoms with van der Waals surface area (Å²) in [6.45, 7) is 6.79. The van der Waals surface area contributed by atoms with E-state index in [0.717, 1.165) is 34.3 Å². The molecule has 7 nitrogen and oxygen atoms in total. The fourth-order valence-corrected chi connectivity index (χ4v) is 2.15. The summed E-state index contributed by atoms with van der Waals surface area (Å²) in [5, 5.41) is 13.9. The molecule has 4 N–H and O–H groups in total. The second-order valence-corrected chi connectivity index (χ2v) is 5.66. The van der Waals surface area contributed by atoms with Crippen LogP contribution in [0.4, 0.5) is 18.9 Å². The Hall–Kier alpha value is -2.88. The fourth-order valence-electron chi connectivity index (χ4n) is 2.15. The largest absolute Gasteiger partial charge is 0.490 e. The summed E-state index contributed by atoms with van der Waals surface area (Å²) in [5.41, 5.74) is 3.26. The number of pyridine rings is 1. The van der Waals surface area contributed by atoms with Crippen molar-refractivity contribution >= 4 is 28.5 Å². The Labute approximate surface area is 152 Å². The zero-order valence-corrected chi connectivity index (χ0v) is 15.0. The molecule has 2 rings (SSSR count). The number of carbonyl (C=O) groups is 2. The first-order chi connectivity index (χ1) is 12.5. The highest BCUT2D eigenvalue weighted by atomic mass is 19.4. The normalized spacial score (nSPS) is 10.9. The van der Waals surface area contributed by atoms with Crippen LogP contribution >= 0.6 is 0 Å². The average Bonchev–Trinajstić information content (AvgIpc) is 2.53. The number of nitrogens with one attached hydrogen (secondary N) is 3. The molecule has 2 aromatic rings. The molecule has 148 valence electrons. The highest BCUT2D eigenvalue weighted by molar-refractivity contribution is 5.96. The van der Waals surface area contributed by atoms with Crippen LogP contribution in [0.15, 0.2) is 23.0 Å². The van der Waals surface area contributed by atoms with Crippen LogP contribution in [0.2, 0.25) is 0 Å². The number of aromatic nitrogens is 1. The summed E-state index contributed by atoms with van der Waals surface area (Å²) < 4.78 is 31.7. The maximum absolute atomic E-state index is 11.8. The lowest BCUT2D eigenvalue weighted by Gasteiger charge is -2.11. The van der Waals surface area contributed by atoms with Crippen molar-refractivity contribution in [2.75, 3.05) is 18.4 Å². The molecule has 0 saturated heterocycles. The number of aliphatic carboxylic acids is 1. The first kappa shape index (κ1) is 22.2. The molecule has 1 aromatic heterocycles. The Balaban J connectivity index is 0.000000445. The number of anilines is 1. The van der Waals surface area contributed by atoms with Crippen molar-refractivity contribution in [3.63, 3.8) is 0 Å². The van der Waals surface area contributed by atoms with Gasteiger partial charge in [0.1, 0.15) is 0 Å². The molecule has 27 heavy (non-hydrogen) atoms. The van der Waals surface area contributed by atoms with Crippen LogP contribution in [0.3, 0.4) is 0 Å². The van der Waals surface area contributed by atoms with Gasteiger partial charge >= 0.3 is 12.1 Å². The molecule has 0 spiro atoms. The molecule has 0 atom stereocenters. The molecule has 0 aliphatic heterocycles. The van der Waals surface area contributed by atoms with E-state index in [-0.39, 0.29) is 11.5 Å². The van der Waals surface area contributed by atoms with E-state index < -0.39 is 12.1 Å². The predicted molar refractivity (Wildman–Crippen MR) is 94.9 cm³/mol. The maximum Gasteiger partial charge on any atom is 0.490 e. The number of benzene rings is 1. The number of aryl methyl sites for hydroxylation is 2. The van der Waals surface area contributed by atoms with E-state index in [1.807, 2.05) is 32.9 Å². The van der Waals surface area contributed by atoms with E-state index in [1.54, 1.807) is 6.07 Å². The molecule has 0 bridgehead atoms. The molecular formula is C17H20F3N3O4. The van der Waals surface area contributed by atoms with Crippen LogP contribution in [-0.4, -0.2) is 41.2 Å². The Morgan fingerprint density at radius 2 is 1.74 bits per heavy atom. The second-order valence-electron chi connectivity index (χ2n) is 5.66. The number of H-pyrrole nitrogens is 1. The van der Waals surface area contributed by atoms with E-state index >= 15 is 0 Å². The quantitative estimate of drug-likeness (QED) is 0.643. The zero-order chi connectivity index (χ0) is 20.8. The molecule has 0 saturated carbocycles. The number of likely N-dealkylation sites (N-methyl/N-ethyl adjacent to an activating group) is 1. The van der Waals surface area contributed by atoms with Crippen molar-refractivity contribution in [2.45, 2.75) is 26.9 Å². The lowest BCUT2D eigenvalue weighted by molar-refractivity contribution is -0.192. The number of amides is 1. The lowest BCUT2D eigenvalue weighted by atomic mass is 10.1. The molecule has 1 heterocycles. The lowest BCUT2D eigenvalue weighted by Crippen LogP contribution is -2.28. The number of carboxylic acid groups (broad SMARTS) is 1. The van der Waals surface area contributed by atoms with Gasteiger partial charge in [-0.15, -0.1) is 0 Å².